The van der Waals surface area contributed by atoms with E-state index in [2.05, 4.69) is 240 Å². The van der Waals surface area contributed by atoms with Gasteiger partial charge in [0.15, 0.2) is 0 Å². The van der Waals surface area contributed by atoms with Gasteiger partial charge in [-0.3, -0.25) is 0 Å². The molecule has 12 rings (SSSR count). The number of aromatic nitrogens is 2. The van der Waals surface area contributed by atoms with Gasteiger partial charge in [0.25, 0.3) is 0 Å². The highest BCUT2D eigenvalue weighted by Gasteiger charge is 2.38. The van der Waals surface area contributed by atoms with Crippen LogP contribution in [-0.2, 0) is 0 Å². The van der Waals surface area contributed by atoms with E-state index in [9.17, 15) is 0 Å². The molecule has 6 heterocycles. The van der Waals surface area contributed by atoms with Crippen LogP contribution in [0.15, 0.2) is 252 Å². The van der Waals surface area contributed by atoms with Gasteiger partial charge >= 0.3 is 0 Å². The van der Waals surface area contributed by atoms with Crippen LogP contribution >= 0.6 is 0 Å². The minimum absolute atomic E-state index is 0.199. The molecule has 2 unspecified atom stereocenters. The summed E-state index contributed by atoms with van der Waals surface area (Å²) >= 11 is 0. The maximum Gasteiger partial charge on any atom is 0.0841 e. The summed E-state index contributed by atoms with van der Waals surface area (Å²) in [6.07, 6.45) is 8.75. The number of aliphatic imine (C=N–C) groups is 2. The van der Waals surface area contributed by atoms with Crippen LogP contribution in [0.3, 0.4) is 0 Å². The van der Waals surface area contributed by atoms with Crippen LogP contribution in [0.2, 0.25) is 0 Å². The van der Waals surface area contributed by atoms with Gasteiger partial charge in [0, 0.05) is 22.3 Å². The summed E-state index contributed by atoms with van der Waals surface area (Å²) in [4.78, 5) is 11.2. The van der Waals surface area contributed by atoms with Crippen LogP contribution < -0.4 is 10.7 Å². The molecule has 0 saturated carbocycles. The average molecular weight is 793 g/mol. The van der Waals surface area contributed by atoms with E-state index >= 15 is 0 Å². The van der Waals surface area contributed by atoms with Crippen molar-refractivity contribution in [1.82, 2.24) is 9.13 Å². The first kappa shape index (κ1) is 35.8. The maximum atomic E-state index is 5.61. The van der Waals surface area contributed by atoms with Crippen molar-refractivity contribution < 1.29 is 0 Å². The minimum Gasteiger partial charge on any atom is -0.330 e. The Kier molecular flexibility index (Phi) is 8.60. The van der Waals surface area contributed by atoms with Gasteiger partial charge in [-0.15, -0.1) is 0 Å². The fraction of sp³-hybridized carbons (Fsp3) is 0.0345. The Morgan fingerprint density at radius 3 is 1.15 bits per heavy atom. The highest BCUT2D eigenvalue weighted by molar-refractivity contribution is 6.35. The molecule has 8 aromatic rings. The number of allylic oxidation sites excluding steroid dienone is 5. The number of hydrogen-bond acceptors (Lipinski definition) is 2. The smallest absolute Gasteiger partial charge is 0.0841 e. The van der Waals surface area contributed by atoms with Gasteiger partial charge in [0.1, 0.15) is 0 Å². The molecule has 0 fully saturated rings. The van der Waals surface area contributed by atoms with Crippen molar-refractivity contribution in [1.29, 1.82) is 0 Å². The zero-order valence-corrected chi connectivity index (χ0v) is 33.9. The average Bonchev–Trinajstić information content (AvgIpc) is 4.17. The lowest BCUT2D eigenvalue weighted by molar-refractivity contribution is 0.414. The maximum absolute atomic E-state index is 5.61. The molecule has 4 aliphatic heterocycles. The van der Waals surface area contributed by atoms with Gasteiger partial charge in [-0.25, -0.2) is 9.98 Å². The molecule has 2 aromatic heterocycles. The van der Waals surface area contributed by atoms with E-state index in [1.54, 1.807) is 0 Å². The van der Waals surface area contributed by atoms with E-state index in [1.165, 1.54) is 16.7 Å². The molecular weight excluding hydrogens is 753 g/mol. The second-order valence-corrected chi connectivity index (χ2v) is 16.1. The summed E-state index contributed by atoms with van der Waals surface area (Å²) in [6.45, 7) is 0. The van der Waals surface area contributed by atoms with Crippen molar-refractivity contribution in [3.8, 4) is 0 Å². The third-order valence-electron chi connectivity index (χ3n) is 12.6. The molecule has 0 amide bonds. The molecule has 292 valence electrons. The molecule has 6 aromatic carbocycles. The van der Waals surface area contributed by atoms with Crippen molar-refractivity contribution in [3.63, 3.8) is 0 Å². The summed E-state index contributed by atoms with van der Waals surface area (Å²) in [6, 6.07) is 74.2. The van der Waals surface area contributed by atoms with Crippen LogP contribution in [0.1, 0.15) is 56.9 Å². The predicted molar refractivity (Wildman–Crippen MR) is 253 cm³/mol. The van der Waals surface area contributed by atoms with E-state index in [-0.39, 0.29) is 12.1 Å². The van der Waals surface area contributed by atoms with Crippen molar-refractivity contribution in [2.45, 2.75) is 12.1 Å². The number of nitrogens with zero attached hydrogens (tertiary/aromatic N) is 4. The molecule has 4 heteroatoms. The molecule has 0 spiro atoms. The molecule has 6 bridgehead atoms. The standard InChI is InChI=1S/C58H40N4/c1-7-19-39(20-8-1)53-45-31-33-47(59-45)54(40-21-9-2-10-22-40)49-35-37-51-56(42-25-13-4-14-26-42)52-38-36-50(55(41-23-11-3-12-24-41)48-34-32-46(53)60-48)62(52)58(44-29-17-6-18-30-44)57(61(49)51)43-27-15-5-16-28-43/h1-38,57-58H. The minimum atomic E-state index is -0.199. The summed E-state index contributed by atoms with van der Waals surface area (Å²) in [5, 5.41) is 2.24. The van der Waals surface area contributed by atoms with E-state index in [0.29, 0.717) is 0 Å². The van der Waals surface area contributed by atoms with Gasteiger partial charge in [0.2, 0.25) is 0 Å². The molecule has 0 saturated heterocycles. The van der Waals surface area contributed by atoms with Gasteiger partial charge in [0.05, 0.1) is 57.0 Å². The largest absolute Gasteiger partial charge is 0.330 e. The Labute approximate surface area is 360 Å². The summed E-state index contributed by atoms with van der Waals surface area (Å²) in [5.41, 5.74) is 17.0. The Morgan fingerprint density at radius 2 is 0.645 bits per heavy atom. The summed E-state index contributed by atoms with van der Waals surface area (Å²) in [5.74, 6) is 0. The van der Waals surface area contributed by atoms with E-state index in [1.807, 2.05) is 0 Å². The van der Waals surface area contributed by atoms with Crippen molar-refractivity contribution in [2.75, 3.05) is 0 Å². The van der Waals surface area contributed by atoms with Crippen LogP contribution in [0.25, 0.3) is 22.3 Å². The van der Waals surface area contributed by atoms with Gasteiger partial charge < -0.3 is 9.13 Å². The lowest BCUT2D eigenvalue weighted by Gasteiger charge is -2.33. The van der Waals surface area contributed by atoms with Crippen LogP contribution in [-0.4, -0.2) is 20.6 Å². The van der Waals surface area contributed by atoms with Crippen molar-refractivity contribution in [2.24, 2.45) is 9.98 Å². The highest BCUT2D eigenvalue weighted by atomic mass is 15.1. The molecular formula is C58H40N4. The number of fused-ring (bicyclic) bond motifs is 3. The predicted octanol–water partition coefficient (Wildman–Crippen LogP) is 11.1. The van der Waals surface area contributed by atoms with Crippen LogP contribution in [0.5, 0.6) is 0 Å². The Bertz CT molecular complexity index is 3340. The molecule has 4 aliphatic rings. The molecule has 0 N–H and O–H groups in total. The normalized spacial score (nSPS) is 17.5. The highest BCUT2D eigenvalue weighted by Crippen LogP contribution is 2.45. The van der Waals surface area contributed by atoms with E-state index < -0.39 is 0 Å². The van der Waals surface area contributed by atoms with E-state index in [4.69, 9.17) is 9.98 Å². The fourth-order valence-electron chi connectivity index (χ4n) is 9.97. The Balaban J connectivity index is 1.35. The van der Waals surface area contributed by atoms with Gasteiger partial charge in [-0.2, -0.15) is 0 Å². The zero-order chi connectivity index (χ0) is 41.0. The zero-order valence-electron chi connectivity index (χ0n) is 33.9. The Hall–Kier alpha value is -8.08. The monoisotopic (exact) mass is 792 g/mol. The SMILES string of the molecule is C1=CC2=C(c3ccccc3)c3ccc4n3C(c3ccccc3)C(c3ccccc3)n3c(ccc3=C4c3ccccc3)=C(c3ccccc3)C3=NC(=C(c4ccccc4)C1=N2)C=C3. The molecule has 62 heavy (non-hydrogen) atoms. The second kappa shape index (κ2) is 14.9. The van der Waals surface area contributed by atoms with Crippen molar-refractivity contribution in [3.05, 3.63) is 297 Å². The van der Waals surface area contributed by atoms with Crippen molar-refractivity contribution >= 4 is 33.7 Å². The first-order valence-corrected chi connectivity index (χ1v) is 21.3. The van der Waals surface area contributed by atoms with Gasteiger partial charge in [-0.1, -0.05) is 182 Å². The fourth-order valence-corrected chi connectivity index (χ4v) is 9.97. The number of rotatable bonds is 6. The lowest BCUT2D eigenvalue weighted by Crippen LogP contribution is -2.38. The molecule has 0 aliphatic carbocycles. The Morgan fingerprint density at radius 1 is 0.290 bits per heavy atom. The topological polar surface area (TPSA) is 34.6 Å². The molecule has 4 nitrogen and oxygen atoms in total. The molecule has 2 atom stereocenters. The number of hydrogen-bond donors (Lipinski definition) is 0. The first-order chi connectivity index (χ1) is 30.8. The van der Waals surface area contributed by atoms with Crippen LogP contribution in [0.4, 0.5) is 0 Å². The van der Waals surface area contributed by atoms with Gasteiger partial charge in [-0.05, 0) is 82.0 Å². The quantitative estimate of drug-likeness (QED) is 0.161. The summed E-state index contributed by atoms with van der Waals surface area (Å²) in [7, 11) is 0. The third kappa shape index (κ3) is 5.83. The first-order valence-electron chi connectivity index (χ1n) is 21.3. The third-order valence-corrected chi connectivity index (χ3v) is 12.6. The van der Waals surface area contributed by atoms with Crippen LogP contribution in [0, 0.1) is 0 Å². The second-order valence-electron chi connectivity index (χ2n) is 16.1. The number of benzene rings is 6. The van der Waals surface area contributed by atoms with E-state index in [0.717, 1.165) is 83.9 Å². The lowest BCUT2D eigenvalue weighted by atomic mass is 9.91. The molecule has 0 radical (unpaired) electrons. The summed E-state index contributed by atoms with van der Waals surface area (Å²) < 4.78 is 5.26.